The summed E-state index contributed by atoms with van der Waals surface area (Å²) in [5, 5.41) is 5.10. The highest BCUT2D eigenvalue weighted by molar-refractivity contribution is 8.00. The summed E-state index contributed by atoms with van der Waals surface area (Å²) in [5.74, 6) is 0. The number of thioether (sulfide) groups is 1. The average molecular weight is 244 g/mol. The number of rotatable bonds is 5. The molecule has 1 rings (SSSR count). The fourth-order valence-corrected chi connectivity index (χ4v) is 3.69. The molecule has 3 heteroatoms. The lowest BCUT2D eigenvalue weighted by Gasteiger charge is -2.38. The zero-order valence-corrected chi connectivity index (χ0v) is 12.3. The summed E-state index contributed by atoms with van der Waals surface area (Å²) in [6, 6.07) is 1.33. The molecule has 96 valence electrons. The van der Waals surface area contributed by atoms with Crippen molar-refractivity contribution in [3.8, 4) is 0 Å². The van der Waals surface area contributed by atoms with Crippen LogP contribution in [0.5, 0.6) is 0 Å². The zero-order valence-electron chi connectivity index (χ0n) is 11.5. The minimum Gasteiger partial charge on any atom is -0.314 e. The van der Waals surface area contributed by atoms with E-state index in [0.717, 1.165) is 23.1 Å². The molecule has 16 heavy (non-hydrogen) atoms. The molecule has 0 bridgehead atoms. The summed E-state index contributed by atoms with van der Waals surface area (Å²) in [4.78, 5) is 2.66. The molecule has 0 aromatic carbocycles. The molecule has 0 spiro atoms. The summed E-state index contributed by atoms with van der Waals surface area (Å²) < 4.78 is 0. The normalized spacial score (nSPS) is 29.6. The zero-order chi connectivity index (χ0) is 12.1. The van der Waals surface area contributed by atoms with E-state index in [1.807, 2.05) is 0 Å². The van der Waals surface area contributed by atoms with E-state index in [2.05, 4.69) is 56.6 Å². The highest BCUT2D eigenvalue weighted by atomic mass is 32.2. The SMILES string of the molecule is CC(C)NCCC(C)N1CC(C)SC(C)C1. The Balaban J connectivity index is 2.26. The molecule has 0 aliphatic carbocycles. The summed E-state index contributed by atoms with van der Waals surface area (Å²) in [5.41, 5.74) is 0. The molecule has 3 unspecified atom stereocenters. The van der Waals surface area contributed by atoms with Crippen molar-refractivity contribution in [3.63, 3.8) is 0 Å². The molecule has 0 radical (unpaired) electrons. The van der Waals surface area contributed by atoms with Crippen LogP contribution in [0.15, 0.2) is 0 Å². The van der Waals surface area contributed by atoms with Crippen LogP contribution in [0.1, 0.15) is 41.0 Å². The van der Waals surface area contributed by atoms with Crippen molar-refractivity contribution in [2.24, 2.45) is 0 Å². The van der Waals surface area contributed by atoms with Crippen LogP contribution in [0, 0.1) is 0 Å². The van der Waals surface area contributed by atoms with Gasteiger partial charge in [-0.05, 0) is 19.9 Å². The van der Waals surface area contributed by atoms with E-state index >= 15 is 0 Å². The number of hydrogen-bond acceptors (Lipinski definition) is 3. The van der Waals surface area contributed by atoms with Crippen molar-refractivity contribution in [1.82, 2.24) is 10.2 Å². The van der Waals surface area contributed by atoms with Crippen LogP contribution >= 0.6 is 11.8 Å². The first kappa shape index (κ1) is 14.3. The van der Waals surface area contributed by atoms with E-state index in [1.54, 1.807) is 0 Å². The van der Waals surface area contributed by atoms with Gasteiger partial charge in [0.2, 0.25) is 0 Å². The van der Waals surface area contributed by atoms with E-state index in [1.165, 1.54) is 19.5 Å². The molecule has 1 saturated heterocycles. The molecule has 1 heterocycles. The Kier molecular flexibility index (Phi) is 6.16. The maximum Gasteiger partial charge on any atom is 0.0149 e. The van der Waals surface area contributed by atoms with Gasteiger partial charge in [0.25, 0.3) is 0 Å². The Bertz CT molecular complexity index is 186. The molecular weight excluding hydrogens is 216 g/mol. The van der Waals surface area contributed by atoms with Crippen molar-refractivity contribution in [2.75, 3.05) is 19.6 Å². The molecule has 0 aromatic rings. The minimum atomic E-state index is 0.613. The minimum absolute atomic E-state index is 0.613. The molecule has 0 aromatic heterocycles. The van der Waals surface area contributed by atoms with E-state index < -0.39 is 0 Å². The summed E-state index contributed by atoms with van der Waals surface area (Å²) in [7, 11) is 0. The Morgan fingerprint density at radius 3 is 2.25 bits per heavy atom. The van der Waals surface area contributed by atoms with Gasteiger partial charge in [-0.2, -0.15) is 11.8 Å². The van der Waals surface area contributed by atoms with Crippen molar-refractivity contribution in [1.29, 1.82) is 0 Å². The van der Waals surface area contributed by atoms with E-state index in [4.69, 9.17) is 0 Å². The van der Waals surface area contributed by atoms with Crippen LogP contribution in [-0.2, 0) is 0 Å². The summed E-state index contributed by atoms with van der Waals surface area (Å²) >= 11 is 2.13. The Morgan fingerprint density at radius 2 is 1.75 bits per heavy atom. The number of nitrogens with zero attached hydrogens (tertiary/aromatic N) is 1. The van der Waals surface area contributed by atoms with Crippen molar-refractivity contribution < 1.29 is 0 Å². The van der Waals surface area contributed by atoms with Gasteiger partial charge in [-0.15, -0.1) is 0 Å². The predicted molar refractivity (Wildman–Crippen MR) is 75.3 cm³/mol. The second kappa shape index (κ2) is 6.87. The van der Waals surface area contributed by atoms with Gasteiger partial charge in [0, 0.05) is 35.7 Å². The fourth-order valence-electron chi connectivity index (χ4n) is 2.34. The van der Waals surface area contributed by atoms with E-state index in [0.29, 0.717) is 6.04 Å². The van der Waals surface area contributed by atoms with Crippen LogP contribution in [-0.4, -0.2) is 47.1 Å². The first-order valence-electron chi connectivity index (χ1n) is 6.62. The highest BCUT2D eigenvalue weighted by Gasteiger charge is 2.25. The average Bonchev–Trinajstić information content (AvgIpc) is 2.15. The quantitative estimate of drug-likeness (QED) is 0.800. The monoisotopic (exact) mass is 244 g/mol. The molecule has 1 fully saturated rings. The van der Waals surface area contributed by atoms with Gasteiger partial charge < -0.3 is 5.32 Å². The summed E-state index contributed by atoms with van der Waals surface area (Å²) in [6.45, 7) is 15.2. The second-order valence-electron chi connectivity index (χ2n) is 5.46. The highest BCUT2D eigenvalue weighted by Crippen LogP contribution is 2.26. The third-order valence-electron chi connectivity index (χ3n) is 3.19. The Labute approximate surface area is 106 Å². The van der Waals surface area contributed by atoms with Crippen LogP contribution in [0.2, 0.25) is 0 Å². The van der Waals surface area contributed by atoms with E-state index in [-0.39, 0.29) is 0 Å². The molecule has 0 saturated carbocycles. The maximum atomic E-state index is 3.51. The third-order valence-corrected chi connectivity index (χ3v) is 4.41. The Morgan fingerprint density at radius 1 is 1.19 bits per heavy atom. The predicted octanol–water partition coefficient (Wildman–Crippen LogP) is 2.59. The van der Waals surface area contributed by atoms with Crippen molar-refractivity contribution in [3.05, 3.63) is 0 Å². The lowest BCUT2D eigenvalue weighted by atomic mass is 10.1. The number of nitrogens with one attached hydrogen (secondary N) is 1. The van der Waals surface area contributed by atoms with Crippen molar-refractivity contribution >= 4 is 11.8 Å². The lowest BCUT2D eigenvalue weighted by molar-refractivity contribution is 0.196. The number of hydrogen-bond donors (Lipinski definition) is 1. The van der Waals surface area contributed by atoms with Crippen LogP contribution in [0.25, 0.3) is 0 Å². The summed E-state index contributed by atoms with van der Waals surface area (Å²) in [6.07, 6.45) is 1.27. The molecule has 1 aliphatic rings. The van der Waals surface area contributed by atoms with Gasteiger partial charge >= 0.3 is 0 Å². The van der Waals surface area contributed by atoms with Crippen LogP contribution in [0.3, 0.4) is 0 Å². The van der Waals surface area contributed by atoms with Gasteiger partial charge in [0.1, 0.15) is 0 Å². The van der Waals surface area contributed by atoms with Crippen molar-refractivity contribution in [2.45, 2.75) is 63.6 Å². The molecule has 1 aliphatic heterocycles. The van der Waals surface area contributed by atoms with Gasteiger partial charge in [-0.1, -0.05) is 27.7 Å². The fraction of sp³-hybridized carbons (Fsp3) is 1.00. The second-order valence-corrected chi connectivity index (χ2v) is 7.34. The molecule has 2 nitrogen and oxygen atoms in total. The Hall–Kier alpha value is 0.270. The van der Waals surface area contributed by atoms with Gasteiger partial charge in [0.05, 0.1) is 0 Å². The first-order valence-corrected chi connectivity index (χ1v) is 7.56. The molecular formula is C13H28N2S. The van der Waals surface area contributed by atoms with Gasteiger partial charge in [-0.3, -0.25) is 4.90 Å². The van der Waals surface area contributed by atoms with Gasteiger partial charge in [0.15, 0.2) is 0 Å². The smallest absolute Gasteiger partial charge is 0.0149 e. The lowest BCUT2D eigenvalue weighted by Crippen LogP contribution is -2.46. The van der Waals surface area contributed by atoms with Gasteiger partial charge in [-0.25, -0.2) is 0 Å². The first-order chi connectivity index (χ1) is 7.49. The molecule has 3 atom stereocenters. The van der Waals surface area contributed by atoms with Crippen LogP contribution < -0.4 is 5.32 Å². The van der Waals surface area contributed by atoms with Crippen LogP contribution in [0.4, 0.5) is 0 Å². The maximum absolute atomic E-state index is 3.51. The molecule has 0 amide bonds. The largest absolute Gasteiger partial charge is 0.314 e. The molecule has 1 N–H and O–H groups in total. The third kappa shape index (κ3) is 5.07. The standard InChI is InChI=1S/C13H28N2S/c1-10(2)14-7-6-11(3)15-8-12(4)16-13(5)9-15/h10-14H,6-9H2,1-5H3. The van der Waals surface area contributed by atoms with E-state index in [9.17, 15) is 0 Å². The topological polar surface area (TPSA) is 15.3 Å².